The van der Waals surface area contributed by atoms with Gasteiger partial charge < -0.3 is 0 Å². The highest BCUT2D eigenvalue weighted by atomic mass is 35.5. The van der Waals surface area contributed by atoms with Gasteiger partial charge >= 0.3 is 0 Å². The van der Waals surface area contributed by atoms with Crippen LogP contribution in [0.25, 0.3) is 44.6 Å². The molecular formula is C29H21ClF2N6. The number of nitrogens with zero attached hydrogens (tertiary/aromatic N) is 6. The lowest BCUT2D eigenvalue weighted by Gasteiger charge is -2.06. The summed E-state index contributed by atoms with van der Waals surface area (Å²) in [6, 6.07) is 19.9. The van der Waals surface area contributed by atoms with Gasteiger partial charge in [0.1, 0.15) is 35.3 Å². The summed E-state index contributed by atoms with van der Waals surface area (Å²) in [5.74, 6) is -0.523. The third kappa shape index (κ3) is 5.60. The monoisotopic (exact) mass is 526 g/mol. The number of fused-ring (bicyclic) bond motifs is 2. The molecule has 4 aromatic heterocycles. The summed E-state index contributed by atoms with van der Waals surface area (Å²) in [4.78, 5) is 25.6. The largest absolute Gasteiger partial charge is 0.244 e. The number of rotatable bonds is 4. The molecule has 0 N–H and O–H groups in total. The maximum atomic E-state index is 13.0. The Kier molecular flexibility index (Phi) is 7.51. The lowest BCUT2D eigenvalue weighted by Crippen LogP contribution is -1.96. The number of aromatic nitrogens is 6. The van der Waals surface area contributed by atoms with E-state index in [1.807, 2.05) is 24.3 Å². The van der Waals surface area contributed by atoms with Crippen LogP contribution in [0.1, 0.15) is 19.0 Å². The van der Waals surface area contributed by atoms with Crippen molar-refractivity contribution >= 4 is 33.7 Å². The lowest BCUT2D eigenvalue weighted by molar-refractivity contribution is 0.627. The zero-order valence-corrected chi connectivity index (χ0v) is 21.1. The van der Waals surface area contributed by atoms with E-state index in [1.165, 1.54) is 30.6 Å². The van der Waals surface area contributed by atoms with Crippen LogP contribution in [0, 0.1) is 11.6 Å². The minimum absolute atomic E-state index is 0.246. The van der Waals surface area contributed by atoms with Crippen LogP contribution in [0.2, 0.25) is 5.15 Å². The molecule has 6 nitrogen and oxygen atoms in total. The van der Waals surface area contributed by atoms with Crippen molar-refractivity contribution in [3.05, 3.63) is 108 Å². The van der Waals surface area contributed by atoms with E-state index in [1.54, 1.807) is 30.6 Å². The molecule has 188 valence electrons. The summed E-state index contributed by atoms with van der Waals surface area (Å²) in [7, 11) is 0. The zero-order chi connectivity index (χ0) is 26.5. The van der Waals surface area contributed by atoms with Gasteiger partial charge in [-0.3, -0.25) is 0 Å². The predicted octanol–water partition coefficient (Wildman–Crippen LogP) is 7.27. The molecule has 0 amide bonds. The molecule has 6 aromatic rings. The van der Waals surface area contributed by atoms with Crippen LogP contribution in [0.5, 0.6) is 0 Å². The highest BCUT2D eigenvalue weighted by Crippen LogP contribution is 2.24. The number of aryl methyl sites for hydroxylation is 1. The highest BCUT2D eigenvalue weighted by Gasteiger charge is 2.08. The first-order chi connectivity index (χ1) is 18.5. The Morgan fingerprint density at radius 2 is 1.11 bits per heavy atom. The summed E-state index contributed by atoms with van der Waals surface area (Å²) in [5.41, 5.74) is 7.08. The van der Waals surface area contributed by atoms with E-state index in [9.17, 15) is 8.78 Å². The molecule has 38 heavy (non-hydrogen) atoms. The fourth-order valence-corrected chi connectivity index (χ4v) is 4.07. The van der Waals surface area contributed by atoms with Gasteiger partial charge in [-0.25, -0.2) is 38.7 Å². The topological polar surface area (TPSA) is 77.3 Å². The van der Waals surface area contributed by atoms with Crippen LogP contribution in [-0.2, 0) is 6.42 Å². The molecule has 6 rings (SSSR count). The molecule has 0 radical (unpaired) electrons. The summed E-state index contributed by atoms with van der Waals surface area (Å²) in [5, 5.41) is 0.309. The summed E-state index contributed by atoms with van der Waals surface area (Å²) in [6.07, 6.45) is 4.85. The second kappa shape index (κ2) is 11.3. The predicted molar refractivity (Wildman–Crippen MR) is 144 cm³/mol. The van der Waals surface area contributed by atoms with Crippen molar-refractivity contribution in [3.8, 4) is 22.5 Å². The maximum absolute atomic E-state index is 13.0. The number of hydrogen-bond acceptors (Lipinski definition) is 6. The van der Waals surface area contributed by atoms with Gasteiger partial charge in [-0.1, -0.05) is 24.9 Å². The molecule has 0 aliphatic heterocycles. The van der Waals surface area contributed by atoms with Gasteiger partial charge in [0, 0.05) is 11.1 Å². The van der Waals surface area contributed by atoms with Crippen molar-refractivity contribution < 1.29 is 8.78 Å². The molecule has 9 heteroatoms. The van der Waals surface area contributed by atoms with Crippen molar-refractivity contribution in [2.75, 3.05) is 0 Å². The van der Waals surface area contributed by atoms with Gasteiger partial charge in [0.05, 0.1) is 28.1 Å². The Bertz CT molecular complexity index is 1710. The number of benzene rings is 2. The molecule has 0 aliphatic carbocycles. The third-order valence-corrected chi connectivity index (χ3v) is 6.04. The van der Waals surface area contributed by atoms with Gasteiger partial charge in [0.2, 0.25) is 0 Å². The molecule has 2 aromatic carbocycles. The lowest BCUT2D eigenvalue weighted by atomic mass is 10.1. The first kappa shape index (κ1) is 25.2. The van der Waals surface area contributed by atoms with E-state index < -0.39 is 0 Å². The number of hydrogen-bond donors (Lipinski definition) is 0. The molecule has 0 aliphatic rings. The van der Waals surface area contributed by atoms with Gasteiger partial charge in [-0.05, 0) is 79.2 Å². The third-order valence-electron chi connectivity index (χ3n) is 5.76. The second-order valence-electron chi connectivity index (χ2n) is 8.38. The van der Waals surface area contributed by atoms with Crippen LogP contribution >= 0.6 is 11.6 Å². The average Bonchev–Trinajstić information content (AvgIpc) is 2.95. The van der Waals surface area contributed by atoms with Crippen LogP contribution in [0.3, 0.4) is 0 Å². The van der Waals surface area contributed by atoms with Crippen molar-refractivity contribution in [1.29, 1.82) is 0 Å². The molecule has 4 heterocycles. The summed E-state index contributed by atoms with van der Waals surface area (Å²) < 4.78 is 25.8. The van der Waals surface area contributed by atoms with E-state index in [2.05, 4.69) is 36.8 Å². The molecule has 0 atom stereocenters. The van der Waals surface area contributed by atoms with Crippen molar-refractivity contribution in [3.63, 3.8) is 0 Å². The smallest absolute Gasteiger partial charge is 0.158 e. The molecule has 0 bridgehead atoms. The van der Waals surface area contributed by atoms with Crippen molar-refractivity contribution in [2.24, 2.45) is 0 Å². The fraction of sp³-hybridized carbons (Fsp3) is 0.103. The quantitative estimate of drug-likeness (QED) is 0.225. The first-order valence-corrected chi connectivity index (χ1v) is 12.3. The standard InChI is InChI=1S/C16H14FN3.C13H7ClFN3/c1-2-3-14-16-15(19-10-18-14)9-8-13(20-16)11-4-6-12(17)7-5-11;14-13-12-11(16-7-17-13)6-5-10(18-12)8-1-3-9(15)4-2-8/h4-10H,2-3H2,1H3;1-7H. The maximum Gasteiger partial charge on any atom is 0.158 e. The van der Waals surface area contributed by atoms with E-state index in [-0.39, 0.29) is 11.6 Å². The number of halogens is 3. The van der Waals surface area contributed by atoms with E-state index in [4.69, 9.17) is 11.6 Å². The van der Waals surface area contributed by atoms with Crippen LogP contribution in [0.15, 0.2) is 85.5 Å². The SMILES string of the molecule is CCCc1ncnc2ccc(-c3ccc(F)cc3)nc12.Fc1ccc(-c2ccc3ncnc(Cl)c3n2)cc1. The van der Waals surface area contributed by atoms with Crippen molar-refractivity contribution in [1.82, 2.24) is 29.9 Å². The minimum atomic E-state index is -0.277. The average molecular weight is 527 g/mol. The summed E-state index contributed by atoms with van der Waals surface area (Å²) >= 11 is 5.97. The Labute approximate surface area is 222 Å². The molecule has 0 unspecified atom stereocenters. The molecule has 0 saturated carbocycles. The normalized spacial score (nSPS) is 10.8. The van der Waals surface area contributed by atoms with Gasteiger partial charge in [0.15, 0.2) is 5.15 Å². The summed E-state index contributed by atoms with van der Waals surface area (Å²) in [6.45, 7) is 2.11. The molecule has 0 spiro atoms. The van der Waals surface area contributed by atoms with Crippen LogP contribution < -0.4 is 0 Å². The van der Waals surface area contributed by atoms with E-state index >= 15 is 0 Å². The van der Waals surface area contributed by atoms with Gasteiger partial charge in [-0.15, -0.1) is 0 Å². The Morgan fingerprint density at radius 1 is 0.605 bits per heavy atom. The molecular weight excluding hydrogens is 506 g/mol. The molecule has 0 fully saturated rings. The Morgan fingerprint density at radius 3 is 1.66 bits per heavy atom. The second-order valence-corrected chi connectivity index (χ2v) is 8.74. The van der Waals surface area contributed by atoms with Crippen molar-refractivity contribution in [2.45, 2.75) is 19.8 Å². The fourth-order valence-electron chi connectivity index (χ4n) is 3.88. The first-order valence-electron chi connectivity index (χ1n) is 11.9. The Hall–Kier alpha value is -4.43. The van der Waals surface area contributed by atoms with Gasteiger partial charge in [0.25, 0.3) is 0 Å². The van der Waals surface area contributed by atoms with Gasteiger partial charge in [-0.2, -0.15) is 0 Å². The molecule has 0 saturated heterocycles. The van der Waals surface area contributed by atoms with Crippen LogP contribution in [0.4, 0.5) is 8.78 Å². The van der Waals surface area contributed by atoms with E-state index in [0.717, 1.165) is 46.4 Å². The van der Waals surface area contributed by atoms with E-state index in [0.29, 0.717) is 21.9 Å². The highest BCUT2D eigenvalue weighted by molar-refractivity contribution is 6.33. The zero-order valence-electron chi connectivity index (χ0n) is 20.3. The number of pyridine rings is 2. The Balaban J connectivity index is 0.000000156. The minimum Gasteiger partial charge on any atom is -0.244 e. The van der Waals surface area contributed by atoms with Crippen LogP contribution in [-0.4, -0.2) is 29.9 Å².